The molecule has 4 aliphatic rings. The summed E-state index contributed by atoms with van der Waals surface area (Å²) in [5.41, 5.74) is 11.6. The fraction of sp³-hybridized carbons (Fsp3) is 0.571. The number of hydrogen-bond donors (Lipinski definition) is 4. The molecule has 3 saturated heterocycles. The van der Waals surface area contributed by atoms with Gasteiger partial charge in [0.15, 0.2) is 11.6 Å². The Morgan fingerprint density at radius 2 is 1.67 bits per heavy atom. The summed E-state index contributed by atoms with van der Waals surface area (Å²) >= 11 is 0. The molecule has 2 aromatic heterocycles. The van der Waals surface area contributed by atoms with Gasteiger partial charge in [-0.3, -0.25) is 9.88 Å². The number of ether oxygens (including phenoxy) is 1. The molecule has 11 nitrogen and oxygen atoms in total. The van der Waals surface area contributed by atoms with Crippen LogP contribution in [-0.4, -0.2) is 101 Å². The van der Waals surface area contributed by atoms with Crippen molar-refractivity contribution < 1.29 is 9.84 Å². The van der Waals surface area contributed by atoms with Gasteiger partial charge in [-0.2, -0.15) is 0 Å². The fourth-order valence-electron chi connectivity index (χ4n) is 7.94. The first-order valence-electron chi connectivity index (χ1n) is 17.0. The molecule has 4 fully saturated rings. The maximum Gasteiger partial charge on any atom is 0.158 e. The van der Waals surface area contributed by atoms with Gasteiger partial charge < -0.3 is 36.0 Å². The molecule has 1 spiro atoms. The minimum atomic E-state index is -1.29. The number of anilines is 4. The molecule has 1 aromatic carbocycles. The topological polar surface area (TPSA) is 128 Å². The lowest BCUT2D eigenvalue weighted by atomic mass is 9.61. The Hall–Kier alpha value is -3.35. The predicted molar refractivity (Wildman–Crippen MR) is 182 cm³/mol. The first kappa shape index (κ1) is 31.3. The smallest absolute Gasteiger partial charge is 0.158 e. The molecule has 5 N–H and O–H groups in total. The molecule has 46 heavy (non-hydrogen) atoms. The number of likely N-dealkylation sites (N-methyl/N-ethyl adjacent to an activating group) is 1. The van der Waals surface area contributed by atoms with Gasteiger partial charge >= 0.3 is 0 Å². The molecule has 3 aromatic rings. The highest BCUT2D eigenvalue weighted by atomic mass is 16.5. The fourth-order valence-corrected chi connectivity index (χ4v) is 7.94. The largest absolute Gasteiger partial charge is 0.381 e. The van der Waals surface area contributed by atoms with Crippen molar-refractivity contribution in [1.29, 1.82) is 0 Å². The van der Waals surface area contributed by atoms with E-state index in [0.29, 0.717) is 40.5 Å². The predicted octanol–water partition coefficient (Wildman–Crippen LogP) is 4.13. The molecule has 1 aliphatic carbocycles. The normalized spacial score (nSPS) is 22.0. The van der Waals surface area contributed by atoms with Crippen LogP contribution in [0.2, 0.25) is 0 Å². The lowest BCUT2D eigenvalue weighted by Crippen LogP contribution is -2.52. The number of aliphatic hydroxyl groups is 1. The number of nitrogens with two attached hydrogens (primary N) is 1. The van der Waals surface area contributed by atoms with E-state index in [-0.39, 0.29) is 0 Å². The number of benzene rings is 1. The SMILES string of the molecule is Cc1cc(Nc2nc(NC3CC4(CCOCC4)C3)c(-c3ccncc3)nc2C(N)O)ccc1N1CCC(N2CCN(C)CC2)CC1. The van der Waals surface area contributed by atoms with E-state index in [1.54, 1.807) is 12.4 Å². The molecule has 1 atom stereocenters. The second-order valence-corrected chi connectivity index (χ2v) is 13.9. The number of rotatable bonds is 8. The molecular formula is C35H49N9O2. The monoisotopic (exact) mass is 627 g/mol. The molecule has 0 bridgehead atoms. The summed E-state index contributed by atoms with van der Waals surface area (Å²) in [5, 5.41) is 17.8. The summed E-state index contributed by atoms with van der Waals surface area (Å²) in [6.07, 6.45) is 9.00. The van der Waals surface area contributed by atoms with Crippen LogP contribution in [0.1, 0.15) is 56.0 Å². The van der Waals surface area contributed by atoms with Crippen molar-refractivity contribution in [2.24, 2.45) is 11.1 Å². The van der Waals surface area contributed by atoms with E-state index in [9.17, 15) is 5.11 Å². The van der Waals surface area contributed by atoms with Crippen molar-refractivity contribution in [1.82, 2.24) is 24.8 Å². The second-order valence-electron chi connectivity index (χ2n) is 13.9. The highest BCUT2D eigenvalue weighted by Crippen LogP contribution is 2.50. The maximum atomic E-state index is 10.6. The molecule has 1 unspecified atom stereocenters. The third-order valence-electron chi connectivity index (χ3n) is 10.7. The minimum absolute atomic E-state index is 0.302. The summed E-state index contributed by atoms with van der Waals surface area (Å²) < 4.78 is 5.62. The van der Waals surface area contributed by atoms with E-state index in [1.807, 2.05) is 12.1 Å². The zero-order chi connectivity index (χ0) is 31.7. The van der Waals surface area contributed by atoms with Crippen LogP contribution in [0.25, 0.3) is 11.3 Å². The number of aromatic nitrogens is 3. The van der Waals surface area contributed by atoms with Gasteiger partial charge in [-0.15, -0.1) is 0 Å². The Kier molecular flexibility index (Phi) is 9.11. The van der Waals surface area contributed by atoms with E-state index < -0.39 is 6.23 Å². The number of piperidine rings is 1. The highest BCUT2D eigenvalue weighted by molar-refractivity contribution is 5.75. The van der Waals surface area contributed by atoms with Crippen LogP contribution in [0, 0.1) is 12.3 Å². The van der Waals surface area contributed by atoms with E-state index in [0.717, 1.165) is 63.2 Å². The number of aryl methyl sites for hydroxylation is 1. The summed E-state index contributed by atoms with van der Waals surface area (Å²) in [5.74, 6) is 1.14. The Bertz CT molecular complexity index is 1470. The molecule has 246 valence electrons. The Morgan fingerprint density at radius 3 is 2.35 bits per heavy atom. The standard InChI is InChI=1S/C35H49N9O2/c1-24-21-26(3-4-29(24)44-13-7-28(8-14-44)43-17-15-42(2)16-18-43)38-34-31(32(36)45)40-30(25-5-11-37-12-6-25)33(41-34)39-27-22-35(23-27)9-19-46-20-10-35/h3-6,11-12,21,27-28,32,45H,7-10,13-20,22-23,36H2,1-2H3,(H2,38,39,41). The summed E-state index contributed by atoms with van der Waals surface area (Å²) in [6.45, 7) is 10.7. The zero-order valence-corrected chi connectivity index (χ0v) is 27.3. The molecule has 0 amide bonds. The minimum Gasteiger partial charge on any atom is -0.381 e. The van der Waals surface area contributed by atoms with Gasteiger partial charge in [0.1, 0.15) is 17.6 Å². The first-order valence-corrected chi connectivity index (χ1v) is 17.0. The van der Waals surface area contributed by atoms with Gasteiger partial charge in [0, 0.05) is 93.9 Å². The number of piperazine rings is 1. The molecule has 1 saturated carbocycles. The number of nitrogens with one attached hydrogen (secondary N) is 2. The van der Waals surface area contributed by atoms with Gasteiger partial charge in [0.25, 0.3) is 0 Å². The molecule has 7 rings (SSSR count). The van der Waals surface area contributed by atoms with Crippen LogP contribution in [-0.2, 0) is 4.74 Å². The number of aliphatic hydroxyl groups excluding tert-OH is 1. The van der Waals surface area contributed by atoms with Crippen molar-refractivity contribution in [3.05, 3.63) is 54.0 Å². The third kappa shape index (κ3) is 6.70. The van der Waals surface area contributed by atoms with Gasteiger partial charge in [0.05, 0.1) is 0 Å². The van der Waals surface area contributed by atoms with Gasteiger partial charge in [-0.25, -0.2) is 9.97 Å². The Morgan fingerprint density at radius 1 is 0.957 bits per heavy atom. The maximum absolute atomic E-state index is 10.6. The average Bonchev–Trinajstić information content (AvgIpc) is 3.05. The van der Waals surface area contributed by atoms with Gasteiger partial charge in [-0.05, 0) is 93.8 Å². The van der Waals surface area contributed by atoms with Crippen LogP contribution >= 0.6 is 0 Å². The molecule has 11 heteroatoms. The van der Waals surface area contributed by atoms with Crippen LogP contribution in [0.3, 0.4) is 0 Å². The van der Waals surface area contributed by atoms with Crippen LogP contribution in [0.5, 0.6) is 0 Å². The van der Waals surface area contributed by atoms with Crippen molar-refractivity contribution in [2.75, 3.05) is 75.1 Å². The van der Waals surface area contributed by atoms with Crippen molar-refractivity contribution >= 4 is 23.0 Å². The summed E-state index contributed by atoms with van der Waals surface area (Å²) in [7, 11) is 2.22. The highest BCUT2D eigenvalue weighted by Gasteiger charge is 2.45. The molecule has 3 aliphatic heterocycles. The zero-order valence-electron chi connectivity index (χ0n) is 27.3. The van der Waals surface area contributed by atoms with E-state index >= 15 is 0 Å². The number of nitrogens with zero attached hydrogens (tertiary/aromatic N) is 6. The van der Waals surface area contributed by atoms with E-state index in [1.165, 1.54) is 50.3 Å². The molecular weight excluding hydrogens is 578 g/mol. The summed E-state index contributed by atoms with van der Waals surface area (Å²) in [6, 6.07) is 11.3. The summed E-state index contributed by atoms with van der Waals surface area (Å²) in [4.78, 5) is 21.7. The van der Waals surface area contributed by atoms with Crippen molar-refractivity contribution in [3.8, 4) is 11.3 Å². The number of hydrogen-bond acceptors (Lipinski definition) is 11. The third-order valence-corrected chi connectivity index (χ3v) is 10.7. The van der Waals surface area contributed by atoms with E-state index in [4.69, 9.17) is 20.4 Å². The second kappa shape index (κ2) is 13.4. The number of pyridine rings is 1. The Balaban J connectivity index is 1.09. The average molecular weight is 628 g/mol. The van der Waals surface area contributed by atoms with Crippen molar-refractivity contribution in [2.45, 2.75) is 63.8 Å². The van der Waals surface area contributed by atoms with Crippen molar-refractivity contribution in [3.63, 3.8) is 0 Å². The van der Waals surface area contributed by atoms with Crippen LogP contribution < -0.4 is 21.3 Å². The van der Waals surface area contributed by atoms with Crippen LogP contribution in [0.4, 0.5) is 23.0 Å². The lowest BCUT2D eigenvalue weighted by Gasteiger charge is -2.50. The molecule has 0 radical (unpaired) electrons. The van der Waals surface area contributed by atoms with Crippen LogP contribution in [0.15, 0.2) is 42.7 Å². The molecule has 5 heterocycles. The van der Waals surface area contributed by atoms with E-state index in [2.05, 4.69) is 62.5 Å². The van der Waals surface area contributed by atoms with Gasteiger partial charge in [0.2, 0.25) is 0 Å². The lowest BCUT2D eigenvalue weighted by molar-refractivity contribution is -0.0342. The quantitative estimate of drug-likeness (QED) is 0.269. The Labute approximate surface area is 272 Å². The first-order chi connectivity index (χ1) is 22.4. The van der Waals surface area contributed by atoms with Gasteiger partial charge in [-0.1, -0.05) is 0 Å².